The van der Waals surface area contributed by atoms with E-state index in [-0.39, 0.29) is 31.9 Å². The molecule has 0 fully saturated rings. The summed E-state index contributed by atoms with van der Waals surface area (Å²) in [6.07, 6.45) is 3.34. The third-order valence-corrected chi connectivity index (χ3v) is 16.2. The first-order valence-corrected chi connectivity index (χ1v) is 28.7. The van der Waals surface area contributed by atoms with Crippen LogP contribution >= 0.6 is 0 Å². The second kappa shape index (κ2) is 20.1. The van der Waals surface area contributed by atoms with Crippen molar-refractivity contribution in [2.75, 3.05) is 0 Å². The van der Waals surface area contributed by atoms with Crippen molar-refractivity contribution in [3.05, 3.63) is 180 Å². The Morgan fingerprint density at radius 1 is 0.648 bits per heavy atom. The standard InChI is InChI=1S/C48H43N2O.C17H22NSi.Ir/c1-7-30(8-2)37-23-24-39(47-44(37)41-26-33-21-20-31-14-9-11-16-36(31)40(33)27-43(41)51-47)48-49-42-25-22-32-15-10-12-17-38(32)46(42)50(48)45-34(28(3)4)18-13-19-35(45)29(5)6;1-13(2)15-11-16(14-9-7-6-8-10-14)18-12-17(15)19(3,4)5;/h9-23,25-30H,7-8H2,1-6H3;6-9,11-13H,1-5H3;/q2*-1;/i30D;13D;. The van der Waals surface area contributed by atoms with Crippen LogP contribution in [0.4, 0.5) is 0 Å². The number of hydrogen-bond donors (Lipinski definition) is 0. The molecule has 361 valence electrons. The van der Waals surface area contributed by atoms with Crippen LogP contribution in [0.5, 0.6) is 0 Å². The topological polar surface area (TPSA) is 43.9 Å². The molecule has 0 bridgehead atoms. The Kier molecular flexibility index (Phi) is 13.4. The molecule has 11 aromatic rings. The van der Waals surface area contributed by atoms with E-state index in [0.717, 1.165) is 82.9 Å². The molecule has 0 aliphatic rings. The predicted molar refractivity (Wildman–Crippen MR) is 302 cm³/mol. The Balaban J connectivity index is 0.000000264. The van der Waals surface area contributed by atoms with Crippen molar-refractivity contribution in [3.8, 4) is 28.3 Å². The molecule has 11 rings (SSSR count). The fraction of sp³-hybridized carbons (Fsp3) is 0.262. The molecule has 0 N–H and O–H groups in total. The molecule has 1 radical (unpaired) electrons. The van der Waals surface area contributed by atoms with Gasteiger partial charge in [-0.3, -0.25) is 4.98 Å². The van der Waals surface area contributed by atoms with Crippen LogP contribution in [0.15, 0.2) is 150 Å². The molecule has 0 unspecified atom stereocenters. The number of furan rings is 1. The number of hydrogen-bond acceptors (Lipinski definition) is 3. The van der Waals surface area contributed by atoms with Crippen LogP contribution in [0, 0.1) is 12.1 Å². The normalized spacial score (nSPS) is 12.8. The molecule has 8 aromatic carbocycles. The van der Waals surface area contributed by atoms with Crippen LogP contribution < -0.4 is 5.19 Å². The van der Waals surface area contributed by atoms with E-state index in [1.807, 2.05) is 44.3 Å². The Bertz CT molecular complexity index is 3810. The molecule has 3 heterocycles. The third-order valence-electron chi connectivity index (χ3n) is 14.2. The average molecular weight is 1130 g/mol. The number of imidazole rings is 1. The van der Waals surface area contributed by atoms with Crippen LogP contribution in [0.2, 0.25) is 19.6 Å². The van der Waals surface area contributed by atoms with Gasteiger partial charge >= 0.3 is 0 Å². The SMILES string of the molecule is [2H]C(C)(C)c1cc(-c2[c-]cccc2)ncc1[Si](C)(C)C.[2H]C(CC)(CC)c1c[c-]c(-c2nc3ccc4ccccc4c3n2-c2c(C(C)C)cccc2C(C)C)c2oc3cc4c(ccc5ccccc54)cc3c12.[Ir]. The molecule has 4 nitrogen and oxygen atoms in total. The minimum Gasteiger partial charge on any atom is -0.501 e. The summed E-state index contributed by atoms with van der Waals surface area (Å²) < 4.78 is 27.6. The van der Waals surface area contributed by atoms with E-state index < -0.39 is 19.9 Å². The zero-order valence-corrected chi connectivity index (χ0v) is 46.4. The van der Waals surface area contributed by atoms with Gasteiger partial charge in [0.15, 0.2) is 0 Å². The maximum atomic E-state index is 9.72. The second-order valence-corrected chi connectivity index (χ2v) is 25.8. The van der Waals surface area contributed by atoms with Gasteiger partial charge in [-0.1, -0.05) is 201 Å². The number of benzene rings is 8. The van der Waals surface area contributed by atoms with Gasteiger partial charge in [-0.05, 0) is 84.9 Å². The molecule has 0 aliphatic heterocycles. The number of nitrogens with zero attached hydrogens (tertiary/aromatic N) is 3. The van der Waals surface area contributed by atoms with Gasteiger partial charge in [0.05, 0.1) is 30.5 Å². The van der Waals surface area contributed by atoms with Crippen molar-refractivity contribution in [1.82, 2.24) is 14.5 Å². The van der Waals surface area contributed by atoms with Crippen LogP contribution in [-0.4, -0.2) is 22.6 Å². The molecule has 6 heteroatoms. The summed E-state index contributed by atoms with van der Waals surface area (Å²) in [6.45, 7) is 24.1. The van der Waals surface area contributed by atoms with E-state index >= 15 is 0 Å². The van der Waals surface area contributed by atoms with Gasteiger partial charge in [0.1, 0.15) is 5.58 Å². The molecule has 0 spiro atoms. The van der Waals surface area contributed by atoms with Crippen LogP contribution in [-0.2, 0) is 20.1 Å². The Morgan fingerprint density at radius 3 is 1.94 bits per heavy atom. The number of para-hydroxylation sites is 1. The van der Waals surface area contributed by atoms with Gasteiger partial charge in [0.2, 0.25) is 0 Å². The van der Waals surface area contributed by atoms with E-state index in [2.05, 4.69) is 198 Å². The van der Waals surface area contributed by atoms with Crippen molar-refractivity contribution in [3.63, 3.8) is 0 Å². The van der Waals surface area contributed by atoms with Crippen molar-refractivity contribution in [2.45, 2.75) is 111 Å². The average Bonchev–Trinajstić information content (AvgIpc) is 3.96. The maximum absolute atomic E-state index is 9.72. The largest absolute Gasteiger partial charge is 0.501 e. The van der Waals surface area contributed by atoms with E-state index in [4.69, 9.17) is 10.8 Å². The van der Waals surface area contributed by atoms with E-state index in [9.17, 15) is 1.37 Å². The van der Waals surface area contributed by atoms with Crippen molar-refractivity contribution >= 4 is 78.5 Å². The first-order chi connectivity index (χ1) is 34.4. The van der Waals surface area contributed by atoms with Gasteiger partial charge in [-0.2, -0.15) is 0 Å². The molecule has 71 heavy (non-hydrogen) atoms. The van der Waals surface area contributed by atoms with Gasteiger partial charge in [0, 0.05) is 45.5 Å². The molecule has 0 aliphatic carbocycles. The van der Waals surface area contributed by atoms with Crippen LogP contribution in [0.3, 0.4) is 0 Å². The van der Waals surface area contributed by atoms with Crippen molar-refractivity contribution < 1.29 is 27.3 Å². The van der Waals surface area contributed by atoms with Gasteiger partial charge in [0.25, 0.3) is 0 Å². The van der Waals surface area contributed by atoms with Crippen molar-refractivity contribution in [1.29, 1.82) is 0 Å². The van der Waals surface area contributed by atoms with E-state index in [1.165, 1.54) is 38.2 Å². The smallest absolute Gasteiger partial charge is 0.121 e. The van der Waals surface area contributed by atoms with Crippen LogP contribution in [0.1, 0.15) is 117 Å². The van der Waals surface area contributed by atoms with Gasteiger partial charge in [-0.15, -0.1) is 53.6 Å². The molecular weight excluding hydrogens is 1060 g/mol. The monoisotopic (exact) mass is 1130 g/mol. The zero-order chi connectivity index (χ0) is 50.9. The third kappa shape index (κ3) is 9.09. The first-order valence-electron chi connectivity index (χ1n) is 26.2. The predicted octanol–water partition coefficient (Wildman–Crippen LogP) is 18.2. The molecule has 0 atom stereocenters. The molecule has 3 aromatic heterocycles. The minimum absolute atomic E-state index is 0. The molecule has 0 saturated heterocycles. The minimum atomic E-state index is -1.50. The summed E-state index contributed by atoms with van der Waals surface area (Å²) in [5.74, 6) is -0.0372. The van der Waals surface area contributed by atoms with Gasteiger partial charge < -0.3 is 14.0 Å². The Hall–Kier alpha value is -6.17. The number of aromatic nitrogens is 3. The molecule has 0 saturated carbocycles. The summed E-state index contributed by atoms with van der Waals surface area (Å²) in [4.78, 5) is 10.1. The first kappa shape index (κ1) is 47.2. The summed E-state index contributed by atoms with van der Waals surface area (Å²) in [7, 11) is -1.50. The van der Waals surface area contributed by atoms with E-state index in [1.54, 1.807) is 0 Å². The summed E-state index contributed by atoms with van der Waals surface area (Å²) in [5, 5.41) is 10.3. The zero-order valence-electron chi connectivity index (χ0n) is 45.0. The fourth-order valence-corrected chi connectivity index (χ4v) is 12.1. The summed E-state index contributed by atoms with van der Waals surface area (Å²) >= 11 is 0. The Morgan fingerprint density at radius 2 is 1.30 bits per heavy atom. The number of pyridine rings is 1. The number of rotatable bonds is 10. The molecule has 0 amide bonds. The summed E-state index contributed by atoms with van der Waals surface area (Å²) in [5.41, 5.74) is 12.0. The van der Waals surface area contributed by atoms with E-state index in [0.29, 0.717) is 12.8 Å². The van der Waals surface area contributed by atoms with Crippen molar-refractivity contribution in [2.24, 2.45) is 0 Å². The fourth-order valence-electron chi connectivity index (χ4n) is 10.6. The van der Waals surface area contributed by atoms with Crippen LogP contribution in [0.25, 0.3) is 93.6 Å². The maximum Gasteiger partial charge on any atom is 0.121 e. The quantitative estimate of drug-likeness (QED) is 0.0779. The number of fused-ring (bicyclic) bond motifs is 9. The molecular formula is C65H65IrN3OSi-2. The van der Waals surface area contributed by atoms with Gasteiger partial charge in [-0.25, -0.2) is 0 Å². The Labute approximate surface area is 437 Å². The summed E-state index contributed by atoms with van der Waals surface area (Å²) in [6, 6.07) is 56.0. The second-order valence-electron chi connectivity index (χ2n) is 20.7.